The maximum atomic E-state index is 13.1. The molecule has 38 heavy (non-hydrogen) atoms. The van der Waals surface area contributed by atoms with E-state index in [-0.39, 0.29) is 36.4 Å². The average molecular weight is 564 g/mol. The molecular weight excluding hydrogens is 544 g/mol. The first-order valence-corrected chi connectivity index (χ1v) is 11.1. The van der Waals surface area contributed by atoms with E-state index in [1.165, 1.54) is 30.3 Å². The third-order valence-electron chi connectivity index (χ3n) is 5.03. The number of carbonyl (C=O) groups is 1. The minimum Gasteiger partial charge on any atom is -0.364 e. The third-order valence-corrected chi connectivity index (χ3v) is 5.28. The molecule has 2 aromatic carbocycles. The molecule has 15 heteroatoms. The number of alkyl halides is 6. The van der Waals surface area contributed by atoms with Crippen LogP contribution >= 0.6 is 11.6 Å². The van der Waals surface area contributed by atoms with E-state index in [9.17, 15) is 35.9 Å². The topological polar surface area (TPSA) is 104 Å². The Morgan fingerprint density at radius 2 is 1.82 bits per heavy atom. The highest BCUT2D eigenvalue weighted by Crippen LogP contribution is 2.31. The van der Waals surface area contributed by atoms with Gasteiger partial charge >= 0.3 is 18.0 Å². The lowest BCUT2D eigenvalue weighted by Gasteiger charge is -2.20. The van der Waals surface area contributed by atoms with Crippen molar-refractivity contribution in [3.8, 4) is 11.4 Å². The molecule has 0 spiro atoms. The number of nitrogens with one attached hydrogen (secondary N) is 1. The van der Waals surface area contributed by atoms with Crippen molar-refractivity contribution < 1.29 is 35.9 Å². The van der Waals surface area contributed by atoms with Crippen LogP contribution in [0.3, 0.4) is 0 Å². The molecule has 0 saturated carbocycles. The number of aromatic nitrogens is 3. The van der Waals surface area contributed by atoms with E-state index >= 15 is 0 Å². The molecule has 0 aliphatic heterocycles. The lowest BCUT2D eigenvalue weighted by atomic mass is 10.0. The van der Waals surface area contributed by atoms with Gasteiger partial charge in [-0.3, -0.25) is 4.79 Å². The van der Waals surface area contributed by atoms with Gasteiger partial charge in [-0.2, -0.15) is 26.3 Å². The quantitative estimate of drug-likeness (QED) is 0.300. The van der Waals surface area contributed by atoms with Crippen LogP contribution in [-0.2, 0) is 22.3 Å². The Kier molecular flexibility index (Phi) is 9.01. The van der Waals surface area contributed by atoms with E-state index in [0.29, 0.717) is 20.5 Å². The van der Waals surface area contributed by atoms with Crippen molar-refractivity contribution in [1.29, 1.82) is 0 Å². The SMILES string of the molecule is NCOCC(NC(=O)Cn1nc(-c2ccc(Cl)cc2)n(C=CC(F)(F)F)c1=O)c1cccc(C(F)(F)F)c1. The molecule has 3 aromatic rings. The summed E-state index contributed by atoms with van der Waals surface area (Å²) in [5.74, 6) is -1.08. The summed E-state index contributed by atoms with van der Waals surface area (Å²) >= 11 is 5.84. The first kappa shape index (κ1) is 28.9. The third kappa shape index (κ3) is 7.69. The summed E-state index contributed by atoms with van der Waals surface area (Å²) in [6.45, 7) is -1.34. The Balaban J connectivity index is 1.92. The zero-order valence-corrected chi connectivity index (χ0v) is 20.0. The maximum absolute atomic E-state index is 13.1. The van der Waals surface area contributed by atoms with Gasteiger partial charge in [-0.25, -0.2) is 14.0 Å². The Morgan fingerprint density at radius 1 is 1.13 bits per heavy atom. The highest BCUT2D eigenvalue weighted by atomic mass is 35.5. The number of hydrogen-bond donors (Lipinski definition) is 2. The average Bonchev–Trinajstić information content (AvgIpc) is 3.14. The van der Waals surface area contributed by atoms with Crippen molar-refractivity contribution in [1.82, 2.24) is 19.7 Å². The van der Waals surface area contributed by atoms with Crippen LogP contribution in [0, 0.1) is 0 Å². The Bertz CT molecular complexity index is 1350. The first-order chi connectivity index (χ1) is 17.8. The Labute approximate surface area is 216 Å². The number of carbonyl (C=O) groups excluding carboxylic acids is 1. The lowest BCUT2D eigenvalue weighted by Crippen LogP contribution is -2.37. The molecular formula is C23H20ClF6N5O3. The molecule has 1 heterocycles. The standard InChI is InChI=1S/C23H20ClF6N5O3/c24-17-6-4-14(5-7-17)20-33-35(21(37)34(20)9-8-22(25,26)27)11-19(36)32-18(12-38-13-31)15-2-1-3-16(10-15)23(28,29)30/h1-10,18H,11-13,31H2,(H,32,36). The van der Waals surface area contributed by atoms with E-state index in [4.69, 9.17) is 22.1 Å². The predicted molar refractivity (Wildman–Crippen MR) is 126 cm³/mol. The van der Waals surface area contributed by atoms with Crippen LogP contribution in [0.2, 0.25) is 5.02 Å². The summed E-state index contributed by atoms with van der Waals surface area (Å²) in [5.41, 5.74) is 3.56. The highest BCUT2D eigenvalue weighted by Gasteiger charge is 2.31. The zero-order chi connectivity index (χ0) is 28.1. The molecule has 0 fully saturated rings. The second-order valence-corrected chi connectivity index (χ2v) is 8.22. The monoisotopic (exact) mass is 563 g/mol. The van der Waals surface area contributed by atoms with Crippen LogP contribution in [0.1, 0.15) is 17.2 Å². The molecule has 3 rings (SSSR count). The molecule has 3 N–H and O–H groups in total. The van der Waals surface area contributed by atoms with Gasteiger partial charge in [-0.15, -0.1) is 5.10 Å². The molecule has 204 valence electrons. The number of allylic oxidation sites excluding steroid dienone is 1. The summed E-state index contributed by atoms with van der Waals surface area (Å²) in [7, 11) is 0. The van der Waals surface area contributed by atoms with Gasteiger partial charge in [0, 0.05) is 22.9 Å². The second-order valence-electron chi connectivity index (χ2n) is 7.78. The molecule has 1 amide bonds. The van der Waals surface area contributed by atoms with Crippen molar-refractivity contribution in [3.63, 3.8) is 0 Å². The Hall–Kier alpha value is -3.62. The summed E-state index contributed by atoms with van der Waals surface area (Å²) < 4.78 is 84.1. The molecule has 0 aliphatic rings. The van der Waals surface area contributed by atoms with Crippen LogP contribution < -0.4 is 16.7 Å². The number of rotatable bonds is 9. The van der Waals surface area contributed by atoms with Crippen LogP contribution in [-0.4, -0.2) is 39.8 Å². The summed E-state index contributed by atoms with van der Waals surface area (Å²) in [6.07, 6.45) is -9.08. The molecule has 0 aliphatic carbocycles. The molecule has 0 saturated heterocycles. The molecule has 8 nitrogen and oxygen atoms in total. The minimum atomic E-state index is -4.74. The van der Waals surface area contributed by atoms with E-state index < -0.39 is 42.1 Å². The summed E-state index contributed by atoms with van der Waals surface area (Å²) in [4.78, 5) is 25.6. The van der Waals surface area contributed by atoms with E-state index in [2.05, 4.69) is 10.4 Å². The second kappa shape index (κ2) is 11.8. The predicted octanol–water partition coefficient (Wildman–Crippen LogP) is 4.21. The molecule has 0 radical (unpaired) electrons. The van der Waals surface area contributed by atoms with Gasteiger partial charge in [0.1, 0.15) is 6.54 Å². The van der Waals surface area contributed by atoms with Crippen LogP contribution in [0.5, 0.6) is 0 Å². The van der Waals surface area contributed by atoms with Crippen molar-refractivity contribution in [2.45, 2.75) is 24.9 Å². The normalized spacial score (nSPS) is 13.2. The minimum absolute atomic E-state index is 0.0504. The molecule has 1 atom stereocenters. The van der Waals surface area contributed by atoms with Gasteiger partial charge in [0.25, 0.3) is 0 Å². The smallest absolute Gasteiger partial charge is 0.364 e. The summed E-state index contributed by atoms with van der Waals surface area (Å²) in [5, 5.41) is 6.75. The lowest BCUT2D eigenvalue weighted by molar-refractivity contribution is -0.137. The fourth-order valence-electron chi connectivity index (χ4n) is 3.33. The molecule has 0 bridgehead atoms. The zero-order valence-electron chi connectivity index (χ0n) is 19.3. The van der Waals surface area contributed by atoms with E-state index in [0.717, 1.165) is 18.2 Å². The number of nitrogens with zero attached hydrogens (tertiary/aromatic N) is 3. The Morgan fingerprint density at radius 3 is 2.42 bits per heavy atom. The van der Waals surface area contributed by atoms with Gasteiger partial charge in [0.05, 0.1) is 24.9 Å². The first-order valence-electron chi connectivity index (χ1n) is 10.7. The largest absolute Gasteiger partial charge is 0.416 e. The number of nitrogens with two attached hydrogens (primary N) is 1. The van der Waals surface area contributed by atoms with Crippen molar-refractivity contribution >= 4 is 23.7 Å². The number of amides is 1. The molecule has 1 unspecified atom stereocenters. The number of ether oxygens (including phenoxy) is 1. The van der Waals surface area contributed by atoms with Crippen molar-refractivity contribution in [2.75, 3.05) is 13.3 Å². The van der Waals surface area contributed by atoms with Crippen molar-refractivity contribution in [2.24, 2.45) is 5.73 Å². The van der Waals surface area contributed by atoms with Crippen LogP contribution in [0.15, 0.2) is 59.4 Å². The maximum Gasteiger partial charge on any atom is 0.416 e. The van der Waals surface area contributed by atoms with E-state index in [1.54, 1.807) is 0 Å². The van der Waals surface area contributed by atoms with Gasteiger partial charge in [0.15, 0.2) is 5.82 Å². The van der Waals surface area contributed by atoms with Crippen LogP contribution in [0.25, 0.3) is 17.6 Å². The highest BCUT2D eigenvalue weighted by molar-refractivity contribution is 6.30. The van der Waals surface area contributed by atoms with Crippen LogP contribution in [0.4, 0.5) is 26.3 Å². The van der Waals surface area contributed by atoms with E-state index in [1.807, 2.05) is 0 Å². The number of hydrogen-bond acceptors (Lipinski definition) is 5. The fourth-order valence-corrected chi connectivity index (χ4v) is 3.45. The number of benzene rings is 2. The van der Waals surface area contributed by atoms with Gasteiger partial charge in [-0.1, -0.05) is 23.7 Å². The van der Waals surface area contributed by atoms with Gasteiger partial charge < -0.3 is 15.8 Å². The van der Waals surface area contributed by atoms with Gasteiger partial charge in [0.2, 0.25) is 5.91 Å². The van der Waals surface area contributed by atoms with Crippen molar-refractivity contribution in [3.05, 3.63) is 81.2 Å². The summed E-state index contributed by atoms with van der Waals surface area (Å²) in [6, 6.07) is 8.77. The van der Waals surface area contributed by atoms with Gasteiger partial charge in [-0.05, 0) is 42.0 Å². The number of halogens is 7. The molecule has 1 aromatic heterocycles. The fraction of sp³-hybridized carbons (Fsp3) is 0.261.